The number of nitrogens with zero attached hydrogens (tertiary/aromatic N) is 1. The van der Waals surface area contributed by atoms with Gasteiger partial charge >= 0.3 is 0 Å². The van der Waals surface area contributed by atoms with Crippen molar-refractivity contribution in [2.75, 3.05) is 19.7 Å². The Labute approximate surface area is 183 Å². The molecule has 0 radical (unpaired) electrons. The Bertz CT molecular complexity index is 1090. The summed E-state index contributed by atoms with van der Waals surface area (Å²) in [5.74, 6) is -3.52. The number of Topliss-reactive ketones (excluding diaryl/α,β-unsaturated/α-hetero) is 1. The third kappa shape index (κ3) is 4.38. The van der Waals surface area contributed by atoms with Crippen molar-refractivity contribution in [3.63, 3.8) is 0 Å². The molecule has 0 spiro atoms. The van der Waals surface area contributed by atoms with E-state index in [1.165, 1.54) is 28.4 Å². The van der Waals surface area contributed by atoms with Crippen LogP contribution in [0.5, 0.6) is 0 Å². The number of ketones is 1. The van der Waals surface area contributed by atoms with Gasteiger partial charge in [0.1, 0.15) is 17.4 Å². The minimum absolute atomic E-state index is 0.0748. The average Bonchev–Trinajstić information content (AvgIpc) is 3.23. The molecule has 0 aliphatic carbocycles. The number of hydrogen-bond acceptors (Lipinski definition) is 4. The zero-order valence-corrected chi connectivity index (χ0v) is 17.9. The van der Waals surface area contributed by atoms with Crippen LogP contribution < -0.4 is 0 Å². The van der Waals surface area contributed by atoms with Crippen molar-refractivity contribution in [3.05, 3.63) is 70.1 Å². The first-order chi connectivity index (χ1) is 14.9. The van der Waals surface area contributed by atoms with Gasteiger partial charge in [0, 0.05) is 47.0 Å². The Morgan fingerprint density at radius 3 is 2.58 bits per heavy atom. The van der Waals surface area contributed by atoms with Crippen molar-refractivity contribution in [2.45, 2.75) is 25.7 Å². The van der Waals surface area contributed by atoms with Crippen molar-refractivity contribution in [3.8, 4) is 0 Å². The molecule has 1 aliphatic rings. The van der Waals surface area contributed by atoms with E-state index in [9.17, 15) is 23.5 Å². The maximum atomic E-state index is 14.7. The third-order valence-electron chi connectivity index (χ3n) is 5.79. The van der Waals surface area contributed by atoms with Gasteiger partial charge in [-0.05, 0) is 42.1 Å². The Balaban J connectivity index is 1.58. The van der Waals surface area contributed by atoms with Crippen LogP contribution in [-0.4, -0.2) is 41.4 Å². The van der Waals surface area contributed by atoms with Crippen LogP contribution in [0.4, 0.5) is 8.78 Å². The fraction of sp³-hybridized carbons (Fsp3) is 0.333. The number of carbonyl (C=O) groups is 2. The quantitative estimate of drug-likeness (QED) is 0.595. The summed E-state index contributed by atoms with van der Waals surface area (Å²) in [7, 11) is 0. The second-order valence-corrected chi connectivity index (χ2v) is 9.20. The monoisotopic (exact) mass is 443 g/mol. The lowest BCUT2D eigenvalue weighted by atomic mass is 9.84. The fourth-order valence-electron chi connectivity index (χ4n) is 4.41. The van der Waals surface area contributed by atoms with Crippen LogP contribution in [0.3, 0.4) is 0 Å². The van der Waals surface area contributed by atoms with Gasteiger partial charge in [-0.1, -0.05) is 18.2 Å². The standard InChI is InChI=1S/C24H23F2NO3S/c1-14-8-20(25)23(21(26)9-14)19-13-27(6-7-28)24(30)18(19)12-16(29)11-17-10-15-4-2-3-5-22(15)31-17/h2-5,8-10,18-19,28H,6-7,11-13H2,1H3/t18-,19+/m0/s1. The van der Waals surface area contributed by atoms with Crippen molar-refractivity contribution in [2.24, 2.45) is 5.92 Å². The molecular formula is C24H23F2NO3S. The van der Waals surface area contributed by atoms with E-state index in [1.807, 2.05) is 30.3 Å². The summed E-state index contributed by atoms with van der Waals surface area (Å²) in [4.78, 5) is 28.1. The van der Waals surface area contributed by atoms with Crippen LogP contribution in [0.25, 0.3) is 10.1 Å². The van der Waals surface area contributed by atoms with Gasteiger partial charge in [-0.3, -0.25) is 9.59 Å². The van der Waals surface area contributed by atoms with Crippen molar-refractivity contribution < 1.29 is 23.5 Å². The Kier molecular flexibility index (Phi) is 6.16. The van der Waals surface area contributed by atoms with Crippen LogP contribution in [0.15, 0.2) is 42.5 Å². The highest BCUT2D eigenvalue weighted by Crippen LogP contribution is 2.39. The van der Waals surface area contributed by atoms with Crippen LogP contribution >= 0.6 is 11.3 Å². The van der Waals surface area contributed by atoms with E-state index < -0.39 is 23.5 Å². The van der Waals surface area contributed by atoms with Gasteiger partial charge in [-0.25, -0.2) is 8.78 Å². The normalized spacial score (nSPS) is 18.8. The first kappa shape index (κ1) is 21.6. The molecule has 2 aromatic carbocycles. The van der Waals surface area contributed by atoms with Gasteiger partial charge in [0.15, 0.2) is 0 Å². The number of likely N-dealkylation sites (tertiary alicyclic amines) is 1. The SMILES string of the molecule is Cc1cc(F)c([C@@H]2CN(CCO)C(=O)[C@H]2CC(=O)Cc2cc3ccccc3s2)c(F)c1. The van der Waals surface area contributed by atoms with Gasteiger partial charge in [0.05, 0.1) is 12.5 Å². The predicted octanol–water partition coefficient (Wildman–Crippen LogP) is 4.22. The van der Waals surface area contributed by atoms with E-state index in [4.69, 9.17) is 0 Å². The van der Waals surface area contributed by atoms with E-state index >= 15 is 0 Å². The molecule has 1 aromatic heterocycles. The summed E-state index contributed by atoms with van der Waals surface area (Å²) in [5, 5.41) is 10.3. The lowest BCUT2D eigenvalue weighted by Gasteiger charge is -2.18. The third-order valence-corrected chi connectivity index (χ3v) is 6.91. The van der Waals surface area contributed by atoms with Gasteiger partial charge in [0.2, 0.25) is 5.91 Å². The molecule has 1 aliphatic heterocycles. The van der Waals surface area contributed by atoms with Gasteiger partial charge in [0.25, 0.3) is 0 Å². The number of aryl methyl sites for hydroxylation is 1. The Morgan fingerprint density at radius 2 is 1.90 bits per heavy atom. The Morgan fingerprint density at radius 1 is 1.19 bits per heavy atom. The zero-order valence-electron chi connectivity index (χ0n) is 17.1. The maximum Gasteiger partial charge on any atom is 0.226 e. The van der Waals surface area contributed by atoms with E-state index in [1.54, 1.807) is 6.92 Å². The molecule has 2 atom stereocenters. The topological polar surface area (TPSA) is 57.6 Å². The lowest BCUT2D eigenvalue weighted by molar-refractivity contribution is -0.134. The number of halogens is 2. The summed E-state index contributed by atoms with van der Waals surface area (Å²) in [6.07, 6.45) is 0.0845. The molecular weight excluding hydrogens is 420 g/mol. The fourth-order valence-corrected chi connectivity index (χ4v) is 5.50. The number of hydrogen-bond donors (Lipinski definition) is 1. The van der Waals surface area contributed by atoms with E-state index in [0.717, 1.165) is 15.0 Å². The average molecular weight is 444 g/mol. The number of aliphatic hydroxyl groups excluding tert-OH is 1. The molecule has 1 saturated heterocycles. The Hall–Kier alpha value is -2.64. The lowest BCUT2D eigenvalue weighted by Crippen LogP contribution is -2.30. The molecule has 3 aromatic rings. The number of β-amino-alcohol motifs (C(OH)–C–C–N with tert-alkyl or cyclic N) is 1. The highest BCUT2D eigenvalue weighted by molar-refractivity contribution is 7.19. The number of aliphatic hydroxyl groups is 1. The van der Waals surface area contributed by atoms with Gasteiger partial charge in [-0.15, -0.1) is 11.3 Å². The minimum atomic E-state index is -0.847. The van der Waals surface area contributed by atoms with Gasteiger partial charge in [-0.2, -0.15) is 0 Å². The summed E-state index contributed by atoms with van der Waals surface area (Å²) >= 11 is 1.53. The summed E-state index contributed by atoms with van der Waals surface area (Å²) in [6, 6.07) is 12.3. The molecule has 4 nitrogen and oxygen atoms in total. The number of amides is 1. The molecule has 0 unspecified atom stereocenters. The zero-order chi connectivity index (χ0) is 22.1. The molecule has 0 bridgehead atoms. The molecule has 0 saturated carbocycles. The van der Waals surface area contributed by atoms with Crippen molar-refractivity contribution in [1.82, 2.24) is 4.90 Å². The first-order valence-electron chi connectivity index (χ1n) is 10.2. The second kappa shape index (κ2) is 8.85. The summed E-state index contributed by atoms with van der Waals surface area (Å²) in [6.45, 7) is 1.50. The maximum absolute atomic E-state index is 14.7. The largest absolute Gasteiger partial charge is 0.395 e. The first-order valence-corrected chi connectivity index (χ1v) is 11.0. The molecule has 162 valence electrons. The highest BCUT2D eigenvalue weighted by Gasteiger charge is 2.43. The number of carbonyl (C=O) groups excluding carboxylic acids is 2. The molecule has 1 N–H and O–H groups in total. The van der Waals surface area contributed by atoms with Crippen LogP contribution in [0.2, 0.25) is 0 Å². The second-order valence-electron chi connectivity index (χ2n) is 8.03. The van der Waals surface area contributed by atoms with Crippen molar-refractivity contribution >= 4 is 33.1 Å². The molecule has 4 rings (SSSR count). The molecule has 7 heteroatoms. The number of rotatable bonds is 7. The van der Waals surface area contributed by atoms with Crippen LogP contribution in [0.1, 0.15) is 28.3 Å². The van der Waals surface area contributed by atoms with E-state index in [0.29, 0.717) is 5.56 Å². The number of thiophene rings is 1. The van der Waals surface area contributed by atoms with E-state index in [2.05, 4.69) is 0 Å². The smallest absolute Gasteiger partial charge is 0.226 e. The van der Waals surface area contributed by atoms with Crippen molar-refractivity contribution in [1.29, 1.82) is 0 Å². The molecule has 1 fully saturated rings. The number of fused-ring (bicyclic) bond motifs is 1. The minimum Gasteiger partial charge on any atom is -0.395 e. The summed E-state index contributed by atoms with van der Waals surface area (Å²) < 4.78 is 30.4. The molecule has 1 amide bonds. The van der Waals surface area contributed by atoms with E-state index in [-0.39, 0.29) is 49.8 Å². The highest BCUT2D eigenvalue weighted by atomic mass is 32.1. The van der Waals surface area contributed by atoms with Crippen LogP contribution in [0, 0.1) is 24.5 Å². The predicted molar refractivity (Wildman–Crippen MR) is 116 cm³/mol. The summed E-state index contributed by atoms with van der Waals surface area (Å²) in [5.41, 5.74) is 0.298. The molecule has 31 heavy (non-hydrogen) atoms. The molecule has 2 heterocycles. The number of benzene rings is 2. The van der Waals surface area contributed by atoms with Crippen LogP contribution in [-0.2, 0) is 16.0 Å². The van der Waals surface area contributed by atoms with Gasteiger partial charge < -0.3 is 10.0 Å².